The van der Waals surface area contributed by atoms with E-state index in [4.69, 9.17) is 0 Å². The lowest BCUT2D eigenvalue weighted by atomic mass is 9.78. The molecular weight excluding hydrogens is 496 g/mol. The molecule has 3 aliphatic rings. The van der Waals surface area contributed by atoms with Crippen LogP contribution in [-0.2, 0) is 0 Å². The maximum Gasteiger partial charge on any atom is 0.119 e. The predicted molar refractivity (Wildman–Crippen MR) is 171 cm³/mol. The largest absolute Gasteiger partial charge is 0.307 e. The first kappa shape index (κ1) is 34.2. The molecular formula is C32H68N8. The minimum atomic E-state index is -0.00283. The fraction of sp³-hybridized carbons (Fsp3) is 1.00. The van der Waals surface area contributed by atoms with Gasteiger partial charge in [0.2, 0.25) is 0 Å². The SMILES string of the molecule is CC1NC(NC(C)(C)CC(C)(C)C)NC(N(CN(C)C2CC(C)(C)NC(C)(C)C2)C2CC(C)(C)NC(C)(C)C2)N1. The first-order valence-corrected chi connectivity index (χ1v) is 16.0. The van der Waals surface area contributed by atoms with E-state index < -0.39 is 0 Å². The molecule has 3 unspecified atom stereocenters. The quantitative estimate of drug-likeness (QED) is 0.244. The van der Waals surface area contributed by atoms with Crippen LogP contribution in [0.15, 0.2) is 0 Å². The highest BCUT2D eigenvalue weighted by Crippen LogP contribution is 2.35. The van der Waals surface area contributed by atoms with E-state index in [2.05, 4.69) is 146 Å². The highest BCUT2D eigenvalue weighted by Gasteiger charge is 2.45. The van der Waals surface area contributed by atoms with E-state index in [1.807, 2.05) is 0 Å². The van der Waals surface area contributed by atoms with E-state index in [9.17, 15) is 0 Å². The summed E-state index contributed by atoms with van der Waals surface area (Å²) in [7, 11) is 2.35. The van der Waals surface area contributed by atoms with Gasteiger partial charge >= 0.3 is 0 Å². The van der Waals surface area contributed by atoms with E-state index in [1.54, 1.807) is 0 Å². The Hall–Kier alpha value is -0.320. The van der Waals surface area contributed by atoms with Crippen LogP contribution in [0.2, 0.25) is 0 Å². The monoisotopic (exact) mass is 565 g/mol. The lowest BCUT2D eigenvalue weighted by molar-refractivity contribution is -0.0573. The molecule has 3 heterocycles. The molecule has 0 saturated carbocycles. The van der Waals surface area contributed by atoms with Crippen molar-refractivity contribution in [2.24, 2.45) is 5.41 Å². The first-order valence-electron chi connectivity index (χ1n) is 16.0. The van der Waals surface area contributed by atoms with E-state index >= 15 is 0 Å². The lowest BCUT2D eigenvalue weighted by Crippen LogP contribution is -2.78. The van der Waals surface area contributed by atoms with Crippen LogP contribution in [0.3, 0.4) is 0 Å². The summed E-state index contributed by atoms with van der Waals surface area (Å²) in [6.07, 6.45) is 5.88. The second-order valence-electron chi connectivity index (χ2n) is 18.1. The van der Waals surface area contributed by atoms with Gasteiger partial charge in [-0.15, -0.1) is 0 Å². The van der Waals surface area contributed by atoms with Gasteiger partial charge in [0.1, 0.15) is 12.6 Å². The summed E-state index contributed by atoms with van der Waals surface area (Å²) >= 11 is 0. The van der Waals surface area contributed by atoms with Crippen LogP contribution in [0.25, 0.3) is 0 Å². The summed E-state index contributed by atoms with van der Waals surface area (Å²) in [5, 5.41) is 23.3. The second-order valence-corrected chi connectivity index (χ2v) is 18.1. The second kappa shape index (κ2) is 11.6. The number of hydrogen-bond donors (Lipinski definition) is 6. The number of hydrogen-bond acceptors (Lipinski definition) is 8. The molecule has 0 amide bonds. The maximum absolute atomic E-state index is 3.95. The Morgan fingerprint density at radius 1 is 0.700 bits per heavy atom. The standard InChI is InChI=1S/C32H68N8/c1-22-33-25(36-32(13,14)20-27(2,3)4)35-26(34-22)40(24-18-30(9,10)38-31(11,12)19-24)21-39(15)23-16-28(5,6)37-29(7,8)17-23/h22-26,33-38H,16-21H2,1-15H3. The number of piperidine rings is 2. The van der Waals surface area contributed by atoms with Crippen LogP contribution in [-0.4, -0.2) is 82.0 Å². The van der Waals surface area contributed by atoms with E-state index in [0.29, 0.717) is 12.1 Å². The smallest absolute Gasteiger partial charge is 0.119 e. The molecule has 0 bridgehead atoms. The first-order chi connectivity index (χ1) is 17.9. The summed E-state index contributed by atoms with van der Waals surface area (Å²) in [5.74, 6) is 0. The molecule has 0 aromatic heterocycles. The van der Waals surface area contributed by atoms with Crippen molar-refractivity contribution in [2.45, 2.75) is 188 Å². The zero-order chi connectivity index (χ0) is 30.5. The van der Waals surface area contributed by atoms with E-state index in [1.165, 1.54) is 0 Å². The van der Waals surface area contributed by atoms with Gasteiger partial charge in [0.15, 0.2) is 0 Å². The topological polar surface area (TPSA) is 78.7 Å². The van der Waals surface area contributed by atoms with Gasteiger partial charge in [-0.1, -0.05) is 20.8 Å². The highest BCUT2D eigenvalue weighted by molar-refractivity contribution is 5.03. The fourth-order valence-corrected chi connectivity index (χ4v) is 8.70. The Balaban J connectivity index is 1.87. The zero-order valence-corrected chi connectivity index (χ0v) is 29.0. The number of nitrogens with one attached hydrogen (secondary N) is 6. The van der Waals surface area contributed by atoms with Crippen LogP contribution >= 0.6 is 0 Å². The highest BCUT2D eigenvalue weighted by atomic mass is 15.5. The van der Waals surface area contributed by atoms with Gasteiger partial charge in [-0.2, -0.15) is 0 Å². The minimum Gasteiger partial charge on any atom is -0.307 e. The van der Waals surface area contributed by atoms with Gasteiger partial charge in [-0.3, -0.25) is 31.1 Å². The summed E-state index contributed by atoms with van der Waals surface area (Å²) in [5.41, 5.74) is 0.651. The molecule has 3 aliphatic heterocycles. The predicted octanol–water partition coefficient (Wildman–Crippen LogP) is 4.30. The Kier molecular flexibility index (Phi) is 9.95. The number of nitrogens with zero attached hydrogens (tertiary/aromatic N) is 2. The Labute approximate surface area is 248 Å². The molecule has 6 N–H and O–H groups in total. The number of rotatable bonds is 8. The lowest BCUT2D eigenvalue weighted by Gasteiger charge is -2.55. The molecule has 0 aliphatic carbocycles. The summed E-state index contributed by atoms with van der Waals surface area (Å²) in [4.78, 5) is 5.36. The van der Waals surface area contributed by atoms with Crippen molar-refractivity contribution < 1.29 is 0 Å². The molecule has 0 spiro atoms. The van der Waals surface area contributed by atoms with Crippen LogP contribution in [0.1, 0.15) is 129 Å². The van der Waals surface area contributed by atoms with Gasteiger partial charge < -0.3 is 10.6 Å². The molecule has 236 valence electrons. The van der Waals surface area contributed by atoms with Crippen LogP contribution in [0.4, 0.5) is 0 Å². The average molecular weight is 565 g/mol. The van der Waals surface area contributed by atoms with Crippen molar-refractivity contribution in [1.29, 1.82) is 0 Å². The fourth-order valence-electron chi connectivity index (χ4n) is 8.70. The molecule has 3 saturated heterocycles. The summed E-state index contributed by atoms with van der Waals surface area (Å²) < 4.78 is 0. The Bertz CT molecular complexity index is 810. The van der Waals surface area contributed by atoms with Gasteiger partial charge in [0.25, 0.3) is 0 Å². The average Bonchev–Trinajstić information content (AvgIpc) is 2.64. The van der Waals surface area contributed by atoms with Crippen molar-refractivity contribution in [1.82, 2.24) is 41.7 Å². The molecule has 3 atom stereocenters. The van der Waals surface area contributed by atoms with Crippen LogP contribution < -0.4 is 31.9 Å². The molecule has 40 heavy (non-hydrogen) atoms. The zero-order valence-electron chi connectivity index (χ0n) is 29.0. The van der Waals surface area contributed by atoms with Gasteiger partial charge in [0, 0.05) is 39.8 Å². The van der Waals surface area contributed by atoms with Gasteiger partial charge in [0.05, 0.1) is 12.8 Å². The van der Waals surface area contributed by atoms with Crippen molar-refractivity contribution in [3.8, 4) is 0 Å². The van der Waals surface area contributed by atoms with E-state index in [-0.39, 0.29) is 51.9 Å². The van der Waals surface area contributed by atoms with Gasteiger partial charge in [-0.05, 0) is 121 Å². The third-order valence-corrected chi connectivity index (χ3v) is 8.80. The third-order valence-electron chi connectivity index (χ3n) is 8.80. The van der Waals surface area contributed by atoms with Crippen LogP contribution in [0.5, 0.6) is 0 Å². The molecule has 3 rings (SSSR count). The van der Waals surface area contributed by atoms with Crippen molar-refractivity contribution in [2.75, 3.05) is 13.7 Å². The molecule has 3 fully saturated rings. The molecule has 0 radical (unpaired) electrons. The third kappa shape index (κ3) is 10.1. The summed E-state index contributed by atoms with van der Waals surface area (Å²) in [6, 6.07) is 0.963. The Morgan fingerprint density at radius 2 is 1.15 bits per heavy atom. The van der Waals surface area contributed by atoms with E-state index in [0.717, 1.165) is 38.8 Å². The maximum atomic E-state index is 3.95. The molecule has 0 aromatic carbocycles. The Morgan fingerprint density at radius 3 is 1.60 bits per heavy atom. The van der Waals surface area contributed by atoms with Crippen molar-refractivity contribution in [3.63, 3.8) is 0 Å². The molecule has 0 aromatic rings. The van der Waals surface area contributed by atoms with Crippen LogP contribution in [0, 0.1) is 5.41 Å². The minimum absolute atomic E-state index is 0.00283. The summed E-state index contributed by atoms with van der Waals surface area (Å²) in [6.45, 7) is 33.7. The normalized spacial score (nSPS) is 31.6. The van der Waals surface area contributed by atoms with Crippen molar-refractivity contribution in [3.05, 3.63) is 0 Å². The molecule has 8 nitrogen and oxygen atoms in total. The molecule has 8 heteroatoms. The van der Waals surface area contributed by atoms with Gasteiger partial charge in [-0.25, -0.2) is 0 Å². The van der Waals surface area contributed by atoms with Crippen molar-refractivity contribution >= 4 is 0 Å².